The van der Waals surface area contributed by atoms with Gasteiger partial charge in [-0.3, -0.25) is 4.98 Å². The second kappa shape index (κ2) is 11.0. The molecule has 0 radical (unpaired) electrons. The molecule has 1 saturated heterocycles. The van der Waals surface area contributed by atoms with Crippen molar-refractivity contribution in [2.45, 2.75) is 13.5 Å². The lowest BCUT2D eigenvalue weighted by molar-refractivity contribution is 0.367. The van der Waals surface area contributed by atoms with Gasteiger partial charge in [0.1, 0.15) is 5.75 Å². The summed E-state index contributed by atoms with van der Waals surface area (Å²) in [6.07, 6.45) is 1.81. The zero-order valence-corrected chi connectivity index (χ0v) is 18.3. The maximum Gasteiger partial charge on any atom is 0.194 e. The zero-order chi connectivity index (χ0) is 18.2. The topological polar surface area (TPSA) is 53.0 Å². The van der Waals surface area contributed by atoms with Crippen molar-refractivity contribution >= 4 is 35.6 Å². The predicted octanol–water partition coefficient (Wildman–Crippen LogP) is 3.00. The lowest BCUT2D eigenvalue weighted by atomic mass is 10.2. The smallest absolute Gasteiger partial charge is 0.194 e. The molecule has 0 saturated carbocycles. The van der Waals surface area contributed by atoms with E-state index in [0.717, 1.165) is 55.8 Å². The zero-order valence-electron chi connectivity index (χ0n) is 16.0. The summed E-state index contributed by atoms with van der Waals surface area (Å²) in [5.41, 5.74) is 2.14. The van der Waals surface area contributed by atoms with Crippen LogP contribution in [0.15, 0.2) is 53.7 Å². The highest BCUT2D eigenvalue weighted by molar-refractivity contribution is 14.0. The normalized spacial score (nSPS) is 14.5. The van der Waals surface area contributed by atoms with Crippen LogP contribution in [0.4, 0.5) is 5.69 Å². The number of guanidine groups is 1. The van der Waals surface area contributed by atoms with Crippen LogP contribution in [0.2, 0.25) is 0 Å². The van der Waals surface area contributed by atoms with Crippen LogP contribution >= 0.6 is 24.0 Å². The molecular weight excluding hydrogens is 453 g/mol. The Kier molecular flexibility index (Phi) is 8.63. The van der Waals surface area contributed by atoms with Gasteiger partial charge < -0.3 is 19.9 Å². The van der Waals surface area contributed by atoms with E-state index in [-0.39, 0.29) is 24.0 Å². The van der Waals surface area contributed by atoms with Gasteiger partial charge in [-0.15, -0.1) is 24.0 Å². The van der Waals surface area contributed by atoms with Crippen LogP contribution in [-0.4, -0.2) is 55.7 Å². The molecule has 0 amide bonds. The van der Waals surface area contributed by atoms with Gasteiger partial charge in [0.05, 0.1) is 25.0 Å². The maximum atomic E-state index is 5.50. The lowest BCUT2D eigenvalue weighted by Crippen LogP contribution is -2.52. The van der Waals surface area contributed by atoms with E-state index >= 15 is 0 Å². The van der Waals surface area contributed by atoms with Crippen molar-refractivity contribution in [2.75, 3.05) is 44.7 Å². The highest BCUT2D eigenvalue weighted by Crippen LogP contribution is 2.28. The number of pyridine rings is 1. The first-order valence-corrected chi connectivity index (χ1v) is 9.13. The van der Waals surface area contributed by atoms with Gasteiger partial charge in [-0.2, -0.15) is 0 Å². The first kappa shape index (κ1) is 21.3. The molecule has 2 aromatic rings. The molecule has 6 nitrogen and oxygen atoms in total. The van der Waals surface area contributed by atoms with Gasteiger partial charge in [-0.25, -0.2) is 4.99 Å². The Balaban J connectivity index is 0.00000261. The predicted molar refractivity (Wildman–Crippen MR) is 121 cm³/mol. The molecule has 0 atom stereocenters. The summed E-state index contributed by atoms with van der Waals surface area (Å²) in [7, 11) is 1.72. The fraction of sp³-hybridized carbons (Fsp3) is 0.400. The molecule has 146 valence electrons. The number of para-hydroxylation sites is 2. The molecule has 0 unspecified atom stereocenters. The summed E-state index contributed by atoms with van der Waals surface area (Å²) in [4.78, 5) is 13.8. The third-order valence-corrected chi connectivity index (χ3v) is 4.46. The molecule has 0 aliphatic carbocycles. The number of benzene rings is 1. The van der Waals surface area contributed by atoms with Crippen LogP contribution < -0.4 is 15.0 Å². The van der Waals surface area contributed by atoms with E-state index in [0.29, 0.717) is 6.54 Å². The lowest BCUT2D eigenvalue weighted by Gasteiger charge is -2.38. The number of hydrogen-bond acceptors (Lipinski definition) is 4. The number of ether oxygens (including phenoxy) is 1. The number of halogens is 1. The number of aromatic nitrogens is 1. The monoisotopic (exact) mass is 481 g/mol. The Bertz CT molecular complexity index is 717. The van der Waals surface area contributed by atoms with Gasteiger partial charge >= 0.3 is 0 Å². The number of hydrogen-bond donors (Lipinski definition) is 1. The molecule has 1 aromatic heterocycles. The van der Waals surface area contributed by atoms with Crippen molar-refractivity contribution in [3.63, 3.8) is 0 Å². The van der Waals surface area contributed by atoms with Gasteiger partial charge in [0.25, 0.3) is 0 Å². The van der Waals surface area contributed by atoms with Gasteiger partial charge in [0, 0.05) is 38.9 Å². The number of nitrogens with one attached hydrogen (secondary N) is 1. The molecule has 1 fully saturated rings. The van der Waals surface area contributed by atoms with E-state index in [9.17, 15) is 0 Å². The molecule has 1 N–H and O–H groups in total. The summed E-state index contributed by atoms with van der Waals surface area (Å²) in [5, 5.41) is 3.40. The molecule has 27 heavy (non-hydrogen) atoms. The van der Waals surface area contributed by atoms with Gasteiger partial charge in [-0.1, -0.05) is 18.2 Å². The van der Waals surface area contributed by atoms with Gasteiger partial charge in [0.2, 0.25) is 0 Å². The summed E-state index contributed by atoms with van der Waals surface area (Å²) in [6, 6.07) is 14.1. The third-order valence-electron chi connectivity index (χ3n) is 4.46. The molecule has 1 aromatic carbocycles. The Morgan fingerprint density at radius 3 is 2.52 bits per heavy atom. The molecule has 2 heterocycles. The minimum absolute atomic E-state index is 0. The van der Waals surface area contributed by atoms with Crippen molar-refractivity contribution in [2.24, 2.45) is 4.99 Å². The average Bonchev–Trinajstić information content (AvgIpc) is 2.72. The second-order valence-corrected chi connectivity index (χ2v) is 6.14. The number of nitrogens with zero attached hydrogens (tertiary/aromatic N) is 4. The van der Waals surface area contributed by atoms with Gasteiger partial charge in [-0.05, 0) is 31.2 Å². The standard InChI is InChI=1S/C20H27N5O.HI/c1-3-21-20(23-16-17-8-6-7-11-22-17)25-14-12-24(13-15-25)18-9-4-5-10-19(18)26-2;/h4-11H,3,12-16H2,1-2H3,(H,21,23);1H. The fourth-order valence-electron chi connectivity index (χ4n) is 3.12. The summed E-state index contributed by atoms with van der Waals surface area (Å²) >= 11 is 0. The van der Waals surface area contributed by atoms with Crippen molar-refractivity contribution in [1.82, 2.24) is 15.2 Å². The van der Waals surface area contributed by atoms with E-state index in [4.69, 9.17) is 9.73 Å². The quantitative estimate of drug-likeness (QED) is 0.405. The first-order chi connectivity index (χ1) is 12.8. The number of piperazine rings is 1. The van der Waals surface area contributed by atoms with Crippen LogP contribution in [0, 0.1) is 0 Å². The highest BCUT2D eigenvalue weighted by Gasteiger charge is 2.21. The Morgan fingerprint density at radius 2 is 1.85 bits per heavy atom. The number of aliphatic imine (C=N–C) groups is 1. The highest BCUT2D eigenvalue weighted by atomic mass is 127. The van der Waals surface area contributed by atoms with Crippen LogP contribution in [0.25, 0.3) is 0 Å². The minimum Gasteiger partial charge on any atom is -0.495 e. The van der Waals surface area contributed by atoms with Crippen molar-refractivity contribution in [1.29, 1.82) is 0 Å². The first-order valence-electron chi connectivity index (χ1n) is 9.13. The second-order valence-electron chi connectivity index (χ2n) is 6.14. The summed E-state index contributed by atoms with van der Waals surface area (Å²) in [6.45, 7) is 7.27. The maximum absolute atomic E-state index is 5.50. The fourth-order valence-corrected chi connectivity index (χ4v) is 3.12. The Hall–Kier alpha value is -2.03. The molecule has 0 spiro atoms. The molecule has 1 aliphatic rings. The number of anilines is 1. The molecule has 3 rings (SSSR count). The Morgan fingerprint density at radius 1 is 1.11 bits per heavy atom. The summed E-state index contributed by atoms with van der Waals surface area (Å²) in [5.74, 6) is 1.88. The van der Waals surface area contributed by atoms with E-state index in [1.54, 1.807) is 7.11 Å². The van der Waals surface area contributed by atoms with E-state index < -0.39 is 0 Å². The van der Waals surface area contributed by atoms with Crippen molar-refractivity contribution in [3.8, 4) is 5.75 Å². The van der Waals surface area contributed by atoms with Crippen LogP contribution in [0.3, 0.4) is 0 Å². The van der Waals surface area contributed by atoms with Crippen molar-refractivity contribution in [3.05, 3.63) is 54.4 Å². The largest absolute Gasteiger partial charge is 0.495 e. The molecule has 0 bridgehead atoms. The van der Waals surface area contributed by atoms with E-state index in [1.807, 2.05) is 36.5 Å². The Labute approximate surface area is 178 Å². The van der Waals surface area contributed by atoms with Gasteiger partial charge in [0.15, 0.2) is 5.96 Å². The number of rotatable bonds is 5. The van der Waals surface area contributed by atoms with Crippen molar-refractivity contribution < 1.29 is 4.74 Å². The molecule has 7 heteroatoms. The SMILES string of the molecule is CCNC(=NCc1ccccn1)N1CCN(c2ccccc2OC)CC1.I. The third kappa shape index (κ3) is 5.72. The average molecular weight is 481 g/mol. The molecule has 1 aliphatic heterocycles. The number of methoxy groups -OCH3 is 1. The van der Waals surface area contributed by atoms with Crippen LogP contribution in [0.1, 0.15) is 12.6 Å². The minimum atomic E-state index is 0. The van der Waals surface area contributed by atoms with Crippen LogP contribution in [0.5, 0.6) is 5.75 Å². The summed E-state index contributed by atoms with van der Waals surface area (Å²) < 4.78 is 5.50. The van der Waals surface area contributed by atoms with Crippen LogP contribution in [-0.2, 0) is 6.54 Å². The molecular formula is C20H28IN5O. The van der Waals surface area contributed by atoms with E-state index in [2.05, 4.69) is 39.2 Å². The van der Waals surface area contributed by atoms with E-state index in [1.165, 1.54) is 0 Å².